The summed E-state index contributed by atoms with van der Waals surface area (Å²) in [7, 11) is 0. The first-order valence-corrected chi connectivity index (χ1v) is 9.92. The second kappa shape index (κ2) is 9.29. The lowest BCUT2D eigenvalue weighted by Gasteiger charge is -2.16. The van der Waals surface area contributed by atoms with Crippen molar-refractivity contribution in [2.24, 2.45) is 0 Å². The van der Waals surface area contributed by atoms with Crippen LogP contribution in [0.3, 0.4) is 0 Å². The van der Waals surface area contributed by atoms with Crippen molar-refractivity contribution in [2.45, 2.75) is 32.4 Å². The molecule has 2 aromatic rings. The molecule has 0 aromatic heterocycles. The number of anilines is 1. The molecule has 1 unspecified atom stereocenters. The van der Waals surface area contributed by atoms with E-state index in [1.807, 2.05) is 0 Å². The topological polar surface area (TPSA) is 75.7 Å². The van der Waals surface area contributed by atoms with E-state index in [1.54, 1.807) is 41.3 Å². The summed E-state index contributed by atoms with van der Waals surface area (Å²) in [5, 5.41) is 3.34. The summed E-state index contributed by atoms with van der Waals surface area (Å²) >= 11 is 11.9. The lowest BCUT2D eigenvalue weighted by molar-refractivity contribution is -0.128. The minimum atomic E-state index is -1.02. The Bertz CT molecular complexity index is 931. The highest BCUT2D eigenvalue weighted by molar-refractivity contribution is 6.36. The maximum atomic E-state index is 12.3. The lowest BCUT2D eigenvalue weighted by atomic mass is 10.1. The van der Waals surface area contributed by atoms with Gasteiger partial charge in [-0.05, 0) is 49.2 Å². The standard InChI is InChI=1S/C21H20Cl2N2O4/c1-13(20(27)24-18-9-8-16(22)11-17(18)23)29-21(28)15-6-4-14(5-7-15)12-25-10-2-3-19(25)26/h4-9,11,13H,2-3,10,12H2,1H3,(H,24,27). The van der Waals surface area contributed by atoms with Gasteiger partial charge in [0.2, 0.25) is 5.91 Å². The first-order chi connectivity index (χ1) is 13.8. The first-order valence-electron chi connectivity index (χ1n) is 9.17. The SMILES string of the molecule is CC(OC(=O)c1ccc(CN2CCCC2=O)cc1)C(=O)Nc1ccc(Cl)cc1Cl. The van der Waals surface area contributed by atoms with Crippen molar-refractivity contribution in [1.82, 2.24) is 4.90 Å². The van der Waals surface area contributed by atoms with E-state index >= 15 is 0 Å². The van der Waals surface area contributed by atoms with Gasteiger partial charge in [-0.15, -0.1) is 0 Å². The number of hydrogen-bond acceptors (Lipinski definition) is 4. The van der Waals surface area contributed by atoms with Gasteiger partial charge in [-0.25, -0.2) is 4.79 Å². The van der Waals surface area contributed by atoms with Gasteiger partial charge in [0.05, 0.1) is 16.3 Å². The molecule has 3 rings (SSSR count). The van der Waals surface area contributed by atoms with E-state index in [0.717, 1.165) is 18.5 Å². The number of carbonyl (C=O) groups excluding carboxylic acids is 3. The Kier molecular flexibility index (Phi) is 6.77. The van der Waals surface area contributed by atoms with Crippen LogP contribution < -0.4 is 5.32 Å². The third-order valence-corrected chi connectivity index (χ3v) is 5.12. The number of nitrogens with one attached hydrogen (secondary N) is 1. The predicted octanol–water partition coefficient (Wildman–Crippen LogP) is 4.30. The van der Waals surface area contributed by atoms with Gasteiger partial charge in [-0.2, -0.15) is 0 Å². The van der Waals surface area contributed by atoms with Crippen LogP contribution in [0, 0.1) is 0 Å². The van der Waals surface area contributed by atoms with Crippen molar-refractivity contribution in [3.63, 3.8) is 0 Å². The van der Waals surface area contributed by atoms with E-state index in [2.05, 4.69) is 5.32 Å². The third-order valence-electron chi connectivity index (χ3n) is 4.58. The van der Waals surface area contributed by atoms with E-state index in [0.29, 0.717) is 29.2 Å². The van der Waals surface area contributed by atoms with E-state index in [1.165, 1.54) is 13.0 Å². The first kappa shape index (κ1) is 21.1. The van der Waals surface area contributed by atoms with Crippen molar-refractivity contribution in [3.8, 4) is 0 Å². The van der Waals surface area contributed by atoms with Gasteiger partial charge < -0.3 is 15.0 Å². The van der Waals surface area contributed by atoms with Crippen LogP contribution >= 0.6 is 23.2 Å². The molecule has 8 heteroatoms. The summed E-state index contributed by atoms with van der Waals surface area (Å²) in [4.78, 5) is 38.1. The third kappa shape index (κ3) is 5.49. The van der Waals surface area contributed by atoms with Gasteiger partial charge in [-0.3, -0.25) is 9.59 Å². The number of ether oxygens (including phenoxy) is 1. The molecule has 1 N–H and O–H groups in total. The summed E-state index contributed by atoms with van der Waals surface area (Å²) in [6, 6.07) is 11.5. The molecule has 2 aromatic carbocycles. The van der Waals surface area contributed by atoms with Crippen LogP contribution in [-0.2, 0) is 20.9 Å². The number of likely N-dealkylation sites (tertiary alicyclic amines) is 1. The number of benzene rings is 2. The minimum Gasteiger partial charge on any atom is -0.449 e. The van der Waals surface area contributed by atoms with Crippen molar-refractivity contribution in [2.75, 3.05) is 11.9 Å². The Morgan fingerprint density at radius 3 is 2.52 bits per heavy atom. The van der Waals surface area contributed by atoms with Crippen LogP contribution in [0.2, 0.25) is 10.0 Å². The zero-order valence-electron chi connectivity index (χ0n) is 15.8. The fraction of sp³-hybridized carbons (Fsp3) is 0.286. The molecule has 2 amide bonds. The van der Waals surface area contributed by atoms with Crippen molar-refractivity contribution in [1.29, 1.82) is 0 Å². The highest BCUT2D eigenvalue weighted by Gasteiger charge is 2.21. The Morgan fingerprint density at radius 1 is 1.17 bits per heavy atom. The fourth-order valence-corrected chi connectivity index (χ4v) is 3.40. The Morgan fingerprint density at radius 2 is 1.90 bits per heavy atom. The molecule has 1 fully saturated rings. The number of halogens is 2. The number of esters is 1. The quantitative estimate of drug-likeness (QED) is 0.687. The monoisotopic (exact) mass is 434 g/mol. The second-order valence-electron chi connectivity index (χ2n) is 6.78. The number of carbonyl (C=O) groups is 3. The molecule has 0 saturated carbocycles. The molecule has 0 bridgehead atoms. The number of rotatable bonds is 6. The van der Waals surface area contributed by atoms with Gasteiger partial charge in [-0.1, -0.05) is 35.3 Å². The second-order valence-corrected chi connectivity index (χ2v) is 7.62. The van der Waals surface area contributed by atoms with Crippen LogP contribution in [0.5, 0.6) is 0 Å². The van der Waals surface area contributed by atoms with Crippen molar-refractivity contribution < 1.29 is 19.1 Å². The molecule has 6 nitrogen and oxygen atoms in total. The molecule has 1 aliphatic heterocycles. The number of hydrogen-bond donors (Lipinski definition) is 1. The van der Waals surface area contributed by atoms with E-state index in [4.69, 9.17) is 27.9 Å². The minimum absolute atomic E-state index is 0.147. The van der Waals surface area contributed by atoms with Gasteiger partial charge in [0, 0.05) is 24.5 Å². The van der Waals surface area contributed by atoms with Crippen LogP contribution in [0.1, 0.15) is 35.7 Å². The highest BCUT2D eigenvalue weighted by Crippen LogP contribution is 2.25. The summed E-state index contributed by atoms with van der Waals surface area (Å²) in [5.74, 6) is -0.973. The van der Waals surface area contributed by atoms with Crippen molar-refractivity contribution in [3.05, 3.63) is 63.6 Å². The normalized spacial score (nSPS) is 14.6. The molecule has 0 spiro atoms. The summed E-state index contributed by atoms with van der Waals surface area (Å²) in [6.07, 6.45) is 0.451. The molecular weight excluding hydrogens is 415 g/mol. The highest BCUT2D eigenvalue weighted by atomic mass is 35.5. The molecule has 1 saturated heterocycles. The van der Waals surface area contributed by atoms with Crippen LogP contribution in [-0.4, -0.2) is 35.3 Å². The van der Waals surface area contributed by atoms with Crippen LogP contribution in [0.4, 0.5) is 5.69 Å². The van der Waals surface area contributed by atoms with E-state index in [-0.39, 0.29) is 10.9 Å². The smallest absolute Gasteiger partial charge is 0.338 e. The maximum Gasteiger partial charge on any atom is 0.338 e. The average molecular weight is 435 g/mol. The molecule has 152 valence electrons. The molecule has 1 heterocycles. The average Bonchev–Trinajstić information content (AvgIpc) is 3.09. The van der Waals surface area contributed by atoms with E-state index < -0.39 is 18.0 Å². The van der Waals surface area contributed by atoms with Crippen molar-refractivity contribution >= 4 is 46.7 Å². The fourth-order valence-electron chi connectivity index (χ4n) is 2.95. The zero-order valence-corrected chi connectivity index (χ0v) is 17.3. The largest absolute Gasteiger partial charge is 0.449 e. The maximum absolute atomic E-state index is 12.3. The molecule has 0 radical (unpaired) electrons. The Labute approximate surface area is 178 Å². The molecule has 0 aliphatic carbocycles. The summed E-state index contributed by atoms with van der Waals surface area (Å²) in [5.41, 5.74) is 1.63. The van der Waals surface area contributed by atoms with Crippen LogP contribution in [0.15, 0.2) is 42.5 Å². The molecule has 1 aliphatic rings. The predicted molar refractivity (Wildman–Crippen MR) is 111 cm³/mol. The molecule has 1 atom stereocenters. The summed E-state index contributed by atoms with van der Waals surface area (Å²) < 4.78 is 5.24. The van der Waals surface area contributed by atoms with Gasteiger partial charge >= 0.3 is 5.97 Å². The lowest BCUT2D eigenvalue weighted by Crippen LogP contribution is -2.30. The Balaban J connectivity index is 1.55. The van der Waals surface area contributed by atoms with Gasteiger partial charge in [0.15, 0.2) is 6.10 Å². The number of amides is 2. The Hall–Kier alpha value is -2.57. The number of nitrogens with zero attached hydrogens (tertiary/aromatic N) is 1. The van der Waals surface area contributed by atoms with Gasteiger partial charge in [0.25, 0.3) is 5.91 Å². The molecular formula is C21H20Cl2N2O4. The van der Waals surface area contributed by atoms with Crippen LogP contribution in [0.25, 0.3) is 0 Å². The zero-order chi connectivity index (χ0) is 21.0. The summed E-state index contributed by atoms with van der Waals surface area (Å²) in [6.45, 7) is 2.76. The van der Waals surface area contributed by atoms with Gasteiger partial charge in [0.1, 0.15) is 0 Å². The van der Waals surface area contributed by atoms with E-state index in [9.17, 15) is 14.4 Å². The molecule has 29 heavy (non-hydrogen) atoms.